The van der Waals surface area contributed by atoms with Crippen LogP contribution < -0.4 is 10.4 Å². The number of para-hydroxylation sites is 1. The Bertz CT molecular complexity index is 838. The first-order valence-electron chi connectivity index (χ1n) is 7.60. The number of hydrogen-bond acceptors (Lipinski definition) is 5. The maximum Gasteiger partial charge on any atom is 0.348 e. The molecule has 2 amide bonds. The van der Waals surface area contributed by atoms with Crippen LogP contribution in [0, 0.1) is 6.92 Å². The van der Waals surface area contributed by atoms with Crippen molar-refractivity contribution >= 4 is 58.0 Å². The molecule has 0 unspecified atom stereocenters. The van der Waals surface area contributed by atoms with Crippen molar-refractivity contribution in [2.24, 2.45) is 0 Å². The van der Waals surface area contributed by atoms with Crippen LogP contribution in [-0.2, 0) is 9.53 Å². The first kappa shape index (κ1) is 20.2. The van der Waals surface area contributed by atoms with Crippen LogP contribution in [0.15, 0.2) is 29.6 Å². The number of carbonyl (C=O) groups is 3. The number of hydrogen-bond donors (Lipinski definition) is 1. The highest BCUT2D eigenvalue weighted by Gasteiger charge is 2.24. The number of nitrogens with zero attached hydrogens (tertiary/aromatic N) is 1. The van der Waals surface area contributed by atoms with Crippen molar-refractivity contribution in [1.29, 1.82) is 0 Å². The molecule has 2 aromatic rings. The van der Waals surface area contributed by atoms with E-state index in [0.29, 0.717) is 16.1 Å². The van der Waals surface area contributed by atoms with Crippen LogP contribution in [-0.4, -0.2) is 30.3 Å². The number of alkyl halides is 1. The van der Waals surface area contributed by atoms with E-state index in [4.69, 9.17) is 27.9 Å². The smallest absolute Gasteiger partial charge is 0.348 e. The van der Waals surface area contributed by atoms with E-state index in [1.165, 1.54) is 5.38 Å². The van der Waals surface area contributed by atoms with E-state index < -0.39 is 17.8 Å². The fourth-order valence-corrected chi connectivity index (χ4v) is 3.45. The van der Waals surface area contributed by atoms with Crippen molar-refractivity contribution < 1.29 is 19.1 Å². The molecule has 9 heteroatoms. The van der Waals surface area contributed by atoms with E-state index in [9.17, 15) is 14.4 Å². The van der Waals surface area contributed by atoms with Gasteiger partial charge in [0.15, 0.2) is 0 Å². The highest BCUT2D eigenvalue weighted by Crippen LogP contribution is 2.26. The molecule has 2 rings (SSSR count). The van der Waals surface area contributed by atoms with Gasteiger partial charge < -0.3 is 4.74 Å². The molecule has 1 heterocycles. The van der Waals surface area contributed by atoms with E-state index in [1.54, 1.807) is 38.1 Å². The zero-order chi connectivity index (χ0) is 19.3. The Kier molecular flexibility index (Phi) is 7.02. The lowest BCUT2D eigenvalue weighted by molar-refractivity contribution is -0.116. The highest BCUT2D eigenvalue weighted by atomic mass is 35.5. The van der Waals surface area contributed by atoms with Crippen molar-refractivity contribution in [3.05, 3.63) is 50.7 Å². The second kappa shape index (κ2) is 9.02. The lowest BCUT2D eigenvalue weighted by Crippen LogP contribution is -2.47. The molecule has 0 bridgehead atoms. The van der Waals surface area contributed by atoms with Crippen LogP contribution in [0.5, 0.6) is 0 Å². The number of ether oxygens (including phenoxy) is 1. The number of thiophene rings is 1. The fraction of sp³-hybridized carbons (Fsp3) is 0.235. The van der Waals surface area contributed by atoms with Crippen LogP contribution in [0.25, 0.3) is 0 Å². The van der Waals surface area contributed by atoms with Gasteiger partial charge in [0.1, 0.15) is 10.8 Å². The lowest BCUT2D eigenvalue weighted by Gasteiger charge is -2.23. The van der Waals surface area contributed by atoms with Crippen LogP contribution in [0.1, 0.15) is 32.5 Å². The van der Waals surface area contributed by atoms with Crippen LogP contribution >= 0.6 is 34.5 Å². The second-order valence-electron chi connectivity index (χ2n) is 5.08. The minimum atomic E-state index is -0.562. The molecule has 0 fully saturated rings. The summed E-state index contributed by atoms with van der Waals surface area (Å²) in [7, 11) is 0. The van der Waals surface area contributed by atoms with Gasteiger partial charge in [0, 0.05) is 5.38 Å². The third-order valence-electron chi connectivity index (χ3n) is 3.42. The summed E-state index contributed by atoms with van der Waals surface area (Å²) in [4.78, 5) is 37.0. The average Bonchev–Trinajstić information content (AvgIpc) is 3.01. The first-order chi connectivity index (χ1) is 12.4. The molecule has 0 radical (unpaired) electrons. The van der Waals surface area contributed by atoms with Gasteiger partial charge in [0.05, 0.1) is 22.9 Å². The molecule has 1 aromatic carbocycles. The predicted molar refractivity (Wildman–Crippen MR) is 102 cm³/mol. The summed E-state index contributed by atoms with van der Waals surface area (Å²) in [6, 6.07) is 6.55. The molecule has 1 aromatic heterocycles. The maximum absolute atomic E-state index is 12.6. The number of nitrogens with one attached hydrogen (secondary N) is 1. The second-order valence-corrected chi connectivity index (χ2v) is 6.63. The quantitative estimate of drug-likeness (QED) is 0.458. The van der Waals surface area contributed by atoms with Crippen molar-refractivity contribution in [3.8, 4) is 0 Å². The van der Waals surface area contributed by atoms with Crippen molar-refractivity contribution in [3.63, 3.8) is 0 Å². The predicted octanol–water partition coefficient (Wildman–Crippen LogP) is 3.80. The Morgan fingerprint density at radius 3 is 2.58 bits per heavy atom. The molecular weight excluding hydrogens is 399 g/mol. The fourth-order valence-electron chi connectivity index (χ4n) is 2.15. The van der Waals surface area contributed by atoms with Gasteiger partial charge in [-0.05, 0) is 31.5 Å². The van der Waals surface area contributed by atoms with E-state index in [2.05, 4.69) is 5.43 Å². The van der Waals surface area contributed by atoms with E-state index in [-0.39, 0.29) is 23.1 Å². The number of halogens is 2. The summed E-state index contributed by atoms with van der Waals surface area (Å²) in [5.41, 5.74) is 3.53. The Hall–Kier alpha value is -2.09. The number of amides is 2. The summed E-state index contributed by atoms with van der Waals surface area (Å²) in [6.07, 6.45) is 0. The number of esters is 1. The van der Waals surface area contributed by atoms with Gasteiger partial charge in [-0.1, -0.05) is 23.7 Å². The van der Waals surface area contributed by atoms with E-state index in [0.717, 1.165) is 16.3 Å². The lowest BCUT2D eigenvalue weighted by atomic mass is 10.1. The van der Waals surface area contributed by atoms with Crippen LogP contribution in [0.3, 0.4) is 0 Å². The molecule has 0 saturated heterocycles. The zero-order valence-corrected chi connectivity index (χ0v) is 16.4. The largest absolute Gasteiger partial charge is 0.462 e. The molecular formula is C17H16Cl2N2O4S. The van der Waals surface area contributed by atoms with Crippen molar-refractivity contribution in [1.82, 2.24) is 5.43 Å². The minimum absolute atomic E-state index is 0.238. The Balaban J connectivity index is 2.30. The summed E-state index contributed by atoms with van der Waals surface area (Å²) in [5, 5.41) is 2.81. The number of benzene rings is 1. The minimum Gasteiger partial charge on any atom is -0.462 e. The number of rotatable bonds is 5. The third kappa shape index (κ3) is 4.35. The normalized spacial score (nSPS) is 10.3. The van der Waals surface area contributed by atoms with Crippen molar-refractivity contribution in [2.75, 3.05) is 17.5 Å². The molecule has 0 aliphatic heterocycles. The molecule has 0 spiro atoms. The SMILES string of the molecule is CCOC(=O)c1scc(C(=O)NN(C(=O)CCl)c2ccccc2Cl)c1C. The van der Waals surface area contributed by atoms with Gasteiger partial charge in [-0.2, -0.15) is 0 Å². The zero-order valence-electron chi connectivity index (χ0n) is 14.0. The summed E-state index contributed by atoms with van der Waals surface area (Å²) >= 11 is 12.9. The topological polar surface area (TPSA) is 75.7 Å². The number of hydrazine groups is 1. The molecule has 0 aliphatic carbocycles. The number of carbonyl (C=O) groups excluding carboxylic acids is 3. The third-order valence-corrected chi connectivity index (χ3v) is 5.03. The van der Waals surface area contributed by atoms with Crippen LogP contribution in [0.2, 0.25) is 5.02 Å². The molecule has 26 heavy (non-hydrogen) atoms. The Morgan fingerprint density at radius 1 is 1.27 bits per heavy atom. The molecule has 0 atom stereocenters. The molecule has 0 aliphatic rings. The van der Waals surface area contributed by atoms with Crippen LogP contribution in [0.4, 0.5) is 5.69 Å². The van der Waals surface area contributed by atoms with E-state index in [1.807, 2.05) is 0 Å². The van der Waals surface area contributed by atoms with E-state index >= 15 is 0 Å². The molecule has 138 valence electrons. The first-order valence-corrected chi connectivity index (χ1v) is 9.39. The summed E-state index contributed by atoms with van der Waals surface area (Å²) in [6.45, 7) is 3.58. The van der Waals surface area contributed by atoms with Gasteiger partial charge in [-0.15, -0.1) is 22.9 Å². The van der Waals surface area contributed by atoms with Gasteiger partial charge >= 0.3 is 5.97 Å². The monoisotopic (exact) mass is 414 g/mol. The van der Waals surface area contributed by atoms with Gasteiger partial charge in [0.2, 0.25) is 0 Å². The molecule has 0 saturated carbocycles. The molecule has 1 N–H and O–H groups in total. The van der Waals surface area contributed by atoms with Gasteiger partial charge in [-0.25, -0.2) is 9.80 Å². The molecule has 6 nitrogen and oxygen atoms in total. The standard InChI is InChI=1S/C17H16Cl2N2O4S/c1-3-25-17(24)15-10(2)11(9-26-15)16(23)20-21(14(22)8-18)13-7-5-4-6-12(13)19/h4-7,9H,3,8H2,1-2H3,(H,20,23). The highest BCUT2D eigenvalue weighted by molar-refractivity contribution is 7.12. The van der Waals surface area contributed by atoms with Gasteiger partial charge in [-0.3, -0.25) is 15.0 Å². The Labute approximate surface area is 164 Å². The summed E-state index contributed by atoms with van der Waals surface area (Å²) in [5.74, 6) is -1.95. The maximum atomic E-state index is 12.6. The number of anilines is 1. The van der Waals surface area contributed by atoms with Gasteiger partial charge in [0.25, 0.3) is 11.8 Å². The van der Waals surface area contributed by atoms with Crippen molar-refractivity contribution in [2.45, 2.75) is 13.8 Å². The Morgan fingerprint density at radius 2 is 1.96 bits per heavy atom. The average molecular weight is 415 g/mol. The summed E-state index contributed by atoms with van der Waals surface area (Å²) < 4.78 is 4.96.